The Kier molecular flexibility index (Phi) is 6.58. The molecule has 3 aromatic rings. The van der Waals surface area contributed by atoms with Gasteiger partial charge in [-0.25, -0.2) is 14.5 Å². The van der Waals surface area contributed by atoms with Crippen LogP contribution in [-0.2, 0) is 13.1 Å². The summed E-state index contributed by atoms with van der Waals surface area (Å²) in [7, 11) is 0. The molecule has 0 saturated heterocycles. The zero-order valence-corrected chi connectivity index (χ0v) is 18.9. The summed E-state index contributed by atoms with van der Waals surface area (Å²) in [5.41, 5.74) is 0.387. The number of amides is 1. The maximum absolute atomic E-state index is 13.3. The van der Waals surface area contributed by atoms with Gasteiger partial charge in [0.15, 0.2) is 5.65 Å². The number of carbonyl (C=O) groups is 1. The van der Waals surface area contributed by atoms with E-state index in [0.29, 0.717) is 30.3 Å². The van der Waals surface area contributed by atoms with Gasteiger partial charge in [0.1, 0.15) is 5.82 Å². The highest BCUT2D eigenvalue weighted by molar-refractivity contribution is 6.11. The van der Waals surface area contributed by atoms with Crippen molar-refractivity contribution in [2.24, 2.45) is 5.92 Å². The number of nitrogens with zero attached hydrogens (tertiary/aromatic N) is 5. The summed E-state index contributed by atoms with van der Waals surface area (Å²) >= 11 is 0. The second kappa shape index (κ2) is 9.18. The van der Waals surface area contributed by atoms with E-state index < -0.39 is 17.2 Å². The van der Waals surface area contributed by atoms with E-state index in [1.807, 2.05) is 27.7 Å². The number of hydrogen-bond donors (Lipinski definition) is 2. The summed E-state index contributed by atoms with van der Waals surface area (Å²) in [4.78, 5) is 45.5. The molecule has 10 heteroatoms. The lowest BCUT2D eigenvalue weighted by Crippen LogP contribution is -2.33. The Morgan fingerprint density at radius 3 is 2.59 bits per heavy atom. The number of aromatic nitrogens is 5. The second-order valence-corrected chi connectivity index (χ2v) is 8.47. The van der Waals surface area contributed by atoms with Gasteiger partial charge in [-0.2, -0.15) is 10.4 Å². The van der Waals surface area contributed by atoms with Gasteiger partial charge >= 0.3 is 5.69 Å². The fraction of sp³-hybridized carbons (Fsp3) is 0.455. The third-order valence-electron chi connectivity index (χ3n) is 4.93. The van der Waals surface area contributed by atoms with E-state index >= 15 is 0 Å². The van der Waals surface area contributed by atoms with Crippen molar-refractivity contribution >= 4 is 22.8 Å². The van der Waals surface area contributed by atoms with Crippen LogP contribution in [-0.4, -0.2) is 30.2 Å². The van der Waals surface area contributed by atoms with Crippen molar-refractivity contribution in [2.75, 3.05) is 5.32 Å². The number of pyridine rings is 1. The number of nitrogens with one attached hydrogen (secondary N) is 2. The zero-order valence-electron chi connectivity index (χ0n) is 18.9. The third kappa shape index (κ3) is 4.61. The fourth-order valence-electron chi connectivity index (χ4n) is 3.46. The van der Waals surface area contributed by atoms with E-state index in [1.54, 1.807) is 23.7 Å². The first kappa shape index (κ1) is 22.9. The topological polar surface area (TPSA) is 138 Å². The van der Waals surface area contributed by atoms with Crippen molar-refractivity contribution in [3.8, 4) is 6.07 Å². The lowest BCUT2D eigenvalue weighted by molar-refractivity contribution is 0.102. The smallest absolute Gasteiger partial charge is 0.307 e. The number of anilines is 1. The Labute approximate surface area is 184 Å². The van der Waals surface area contributed by atoms with Crippen molar-refractivity contribution < 1.29 is 4.79 Å². The second-order valence-electron chi connectivity index (χ2n) is 8.47. The summed E-state index contributed by atoms with van der Waals surface area (Å²) < 4.78 is 2.95. The molecule has 0 spiro atoms. The van der Waals surface area contributed by atoms with E-state index in [9.17, 15) is 14.4 Å². The van der Waals surface area contributed by atoms with Crippen LogP contribution in [0.15, 0.2) is 21.7 Å². The molecule has 0 aliphatic carbocycles. The molecule has 3 aromatic heterocycles. The van der Waals surface area contributed by atoms with Gasteiger partial charge in [-0.05, 0) is 24.8 Å². The van der Waals surface area contributed by atoms with Gasteiger partial charge in [0, 0.05) is 18.3 Å². The quantitative estimate of drug-likeness (QED) is 0.582. The van der Waals surface area contributed by atoms with Crippen LogP contribution in [0, 0.1) is 24.2 Å². The minimum atomic E-state index is -0.660. The van der Waals surface area contributed by atoms with Gasteiger partial charge in [-0.15, -0.1) is 0 Å². The number of aryl methyl sites for hydroxylation is 2. The van der Waals surface area contributed by atoms with Crippen LogP contribution in [0.25, 0.3) is 11.0 Å². The molecule has 0 atom stereocenters. The Bertz CT molecular complexity index is 1320. The SMILES string of the molecule is Cc1cc(NC(=O)c2cc(C(C)C)nc3c2c(=O)[nH]c(=O)n3CC(C)C)n(CCC#N)n1. The molecule has 0 aromatic carbocycles. The largest absolute Gasteiger partial charge is 0.330 e. The van der Waals surface area contributed by atoms with Crippen molar-refractivity contribution in [2.45, 2.75) is 60.0 Å². The van der Waals surface area contributed by atoms with Crippen molar-refractivity contribution in [1.29, 1.82) is 5.26 Å². The molecule has 0 aliphatic heterocycles. The molecule has 0 radical (unpaired) electrons. The van der Waals surface area contributed by atoms with E-state index in [1.165, 1.54) is 4.57 Å². The Morgan fingerprint density at radius 1 is 1.25 bits per heavy atom. The van der Waals surface area contributed by atoms with Gasteiger partial charge < -0.3 is 5.32 Å². The van der Waals surface area contributed by atoms with Gasteiger partial charge in [-0.1, -0.05) is 27.7 Å². The normalized spacial score (nSPS) is 11.3. The minimum Gasteiger partial charge on any atom is -0.307 e. The van der Waals surface area contributed by atoms with E-state index in [0.717, 1.165) is 0 Å². The molecule has 0 fully saturated rings. The van der Waals surface area contributed by atoms with Crippen LogP contribution in [0.2, 0.25) is 0 Å². The number of hydrogen-bond acceptors (Lipinski definition) is 6. The van der Waals surface area contributed by atoms with Crippen molar-refractivity contribution in [3.05, 3.63) is 49.9 Å². The molecule has 168 valence electrons. The molecule has 10 nitrogen and oxygen atoms in total. The number of carbonyl (C=O) groups excluding carboxylic acids is 1. The molecule has 3 rings (SSSR count). The summed E-state index contributed by atoms with van der Waals surface area (Å²) in [5, 5.41) is 16.0. The number of fused-ring (bicyclic) bond motifs is 1. The highest BCUT2D eigenvalue weighted by Crippen LogP contribution is 2.22. The number of nitriles is 1. The monoisotopic (exact) mass is 437 g/mol. The Hall–Kier alpha value is -3.74. The minimum absolute atomic E-state index is 0.0313. The van der Waals surface area contributed by atoms with Crippen molar-refractivity contribution in [1.82, 2.24) is 24.3 Å². The van der Waals surface area contributed by atoms with E-state index in [-0.39, 0.29) is 34.9 Å². The highest BCUT2D eigenvalue weighted by Gasteiger charge is 2.22. The van der Waals surface area contributed by atoms with Crippen LogP contribution in [0.1, 0.15) is 61.8 Å². The number of H-pyrrole nitrogens is 1. The van der Waals surface area contributed by atoms with Crippen LogP contribution < -0.4 is 16.6 Å². The molecule has 1 amide bonds. The van der Waals surface area contributed by atoms with Gasteiger partial charge in [0.2, 0.25) is 0 Å². The maximum atomic E-state index is 13.3. The first-order valence-electron chi connectivity index (χ1n) is 10.5. The summed E-state index contributed by atoms with van der Waals surface area (Å²) in [6.45, 7) is 10.2. The van der Waals surface area contributed by atoms with Crippen LogP contribution >= 0.6 is 0 Å². The highest BCUT2D eigenvalue weighted by atomic mass is 16.2. The number of rotatable bonds is 7. The lowest BCUT2D eigenvalue weighted by Gasteiger charge is -2.16. The molecular formula is C22H27N7O3. The number of aromatic amines is 1. The average Bonchev–Trinajstić information content (AvgIpc) is 3.06. The van der Waals surface area contributed by atoms with E-state index in [2.05, 4.69) is 26.5 Å². The van der Waals surface area contributed by atoms with Gasteiger partial charge in [0.25, 0.3) is 11.5 Å². The first-order chi connectivity index (χ1) is 15.1. The Morgan fingerprint density at radius 2 is 1.97 bits per heavy atom. The molecule has 0 saturated carbocycles. The molecule has 2 N–H and O–H groups in total. The first-order valence-corrected chi connectivity index (χ1v) is 10.5. The third-order valence-corrected chi connectivity index (χ3v) is 4.93. The molecule has 0 aliphatic rings. The van der Waals surface area contributed by atoms with Crippen LogP contribution in [0.3, 0.4) is 0 Å². The van der Waals surface area contributed by atoms with Gasteiger partial charge in [-0.3, -0.25) is 19.1 Å². The van der Waals surface area contributed by atoms with Crippen LogP contribution in [0.5, 0.6) is 0 Å². The summed E-state index contributed by atoms with van der Waals surface area (Å²) in [6.07, 6.45) is 0.237. The molecule has 32 heavy (non-hydrogen) atoms. The fourth-order valence-corrected chi connectivity index (χ4v) is 3.46. The average molecular weight is 438 g/mol. The van der Waals surface area contributed by atoms with Crippen molar-refractivity contribution in [3.63, 3.8) is 0 Å². The standard InChI is InChI=1S/C22H27N7O3/c1-12(2)11-28-19-18(21(31)26-22(28)32)15(10-16(24-19)13(3)4)20(30)25-17-9-14(5)27-29(17)8-6-7-23/h9-10,12-13H,6,8,11H2,1-5H3,(H,25,30)(H,26,31,32). The maximum Gasteiger partial charge on any atom is 0.330 e. The lowest BCUT2D eigenvalue weighted by atomic mass is 10.0. The summed E-state index contributed by atoms with van der Waals surface area (Å²) in [5.74, 6) is 0.000629. The summed E-state index contributed by atoms with van der Waals surface area (Å²) in [6, 6.07) is 5.34. The predicted octanol–water partition coefficient (Wildman–Crippen LogP) is 2.54. The van der Waals surface area contributed by atoms with Crippen LogP contribution in [0.4, 0.5) is 5.82 Å². The zero-order chi connectivity index (χ0) is 23.6. The Balaban J connectivity index is 2.20. The van der Waals surface area contributed by atoms with E-state index in [4.69, 9.17) is 5.26 Å². The molecule has 3 heterocycles. The molecule has 0 bridgehead atoms. The predicted molar refractivity (Wildman–Crippen MR) is 121 cm³/mol. The molecular weight excluding hydrogens is 410 g/mol. The van der Waals surface area contributed by atoms with Gasteiger partial charge in [0.05, 0.1) is 35.7 Å². The molecule has 0 unspecified atom stereocenters.